The predicted molar refractivity (Wildman–Crippen MR) is 131 cm³/mol. The van der Waals surface area contributed by atoms with Crippen LogP contribution in [0, 0.1) is 0 Å². The molecule has 0 spiro atoms. The summed E-state index contributed by atoms with van der Waals surface area (Å²) < 4.78 is 14.7. The molecule has 154 valence electrons. The summed E-state index contributed by atoms with van der Waals surface area (Å²) in [7, 11) is -0.267. The number of fused-ring (bicyclic) bond motifs is 11. The minimum absolute atomic E-state index is 0.267. The minimum atomic E-state index is -0.267. The SMILES string of the molecule is c1ccc2c(c1)OB1N2c2ccc(-c3cccc4c3oc3ccccc34)cc2-c2nccn21. The summed E-state index contributed by atoms with van der Waals surface area (Å²) >= 11 is 0. The van der Waals surface area contributed by atoms with Crippen LogP contribution in [-0.4, -0.2) is 16.6 Å². The summed E-state index contributed by atoms with van der Waals surface area (Å²) in [5.41, 5.74) is 7.21. The number of nitrogens with zero attached hydrogens (tertiary/aromatic N) is 3. The topological polar surface area (TPSA) is 43.4 Å². The van der Waals surface area contributed by atoms with Crippen LogP contribution in [-0.2, 0) is 0 Å². The lowest BCUT2D eigenvalue weighted by atomic mass is 9.88. The van der Waals surface area contributed by atoms with Gasteiger partial charge in [-0.3, -0.25) is 0 Å². The molecular weight excluding hydrogens is 409 g/mol. The first-order chi connectivity index (χ1) is 16.4. The van der Waals surface area contributed by atoms with Gasteiger partial charge in [-0.15, -0.1) is 0 Å². The van der Waals surface area contributed by atoms with E-state index in [1.165, 1.54) is 0 Å². The predicted octanol–water partition coefficient (Wildman–Crippen LogP) is 6.49. The van der Waals surface area contributed by atoms with Crippen LogP contribution in [0.25, 0.3) is 44.5 Å². The number of benzene rings is 4. The van der Waals surface area contributed by atoms with E-state index in [2.05, 4.69) is 68.9 Å². The van der Waals surface area contributed by atoms with Crippen molar-refractivity contribution in [1.29, 1.82) is 0 Å². The number of hydrogen-bond acceptors (Lipinski definition) is 4. The molecule has 2 aliphatic rings. The van der Waals surface area contributed by atoms with Gasteiger partial charge in [0.25, 0.3) is 0 Å². The third-order valence-corrected chi connectivity index (χ3v) is 6.70. The quantitative estimate of drug-likeness (QED) is 0.282. The second-order valence-corrected chi connectivity index (χ2v) is 8.45. The Morgan fingerprint density at radius 1 is 0.758 bits per heavy atom. The second kappa shape index (κ2) is 6.08. The molecule has 33 heavy (non-hydrogen) atoms. The third kappa shape index (κ3) is 2.19. The van der Waals surface area contributed by atoms with E-state index in [-0.39, 0.29) is 7.19 Å². The van der Waals surface area contributed by atoms with E-state index in [1.54, 1.807) is 0 Å². The number of furan rings is 1. The highest BCUT2D eigenvalue weighted by Crippen LogP contribution is 2.48. The van der Waals surface area contributed by atoms with E-state index in [0.717, 1.165) is 61.6 Å². The van der Waals surface area contributed by atoms with Crippen molar-refractivity contribution in [2.75, 3.05) is 4.81 Å². The molecule has 0 bridgehead atoms. The van der Waals surface area contributed by atoms with E-state index >= 15 is 0 Å². The standard InChI is InChI=1S/C27H16BN3O2/c1-3-10-24-19(6-1)20-8-5-7-18(26(20)32-24)17-12-13-22-21(16-17)27-29-14-15-30(27)28-31(22)23-9-2-4-11-25(23)33-28/h1-16H. The Morgan fingerprint density at radius 3 is 2.64 bits per heavy atom. The van der Waals surface area contributed by atoms with Gasteiger partial charge in [-0.1, -0.05) is 54.6 Å². The zero-order chi connectivity index (χ0) is 21.5. The van der Waals surface area contributed by atoms with Crippen LogP contribution < -0.4 is 9.47 Å². The molecule has 2 aromatic heterocycles. The summed E-state index contributed by atoms with van der Waals surface area (Å²) in [6, 6.07) is 29.3. The number of anilines is 2. The monoisotopic (exact) mass is 425 g/mol. The lowest BCUT2D eigenvalue weighted by Crippen LogP contribution is -2.46. The summed E-state index contributed by atoms with van der Waals surface area (Å²) in [6.07, 6.45) is 3.82. The van der Waals surface area contributed by atoms with Crippen LogP contribution in [0.1, 0.15) is 0 Å². The largest absolute Gasteiger partial charge is 0.629 e. The summed E-state index contributed by atoms with van der Waals surface area (Å²) in [5, 5.41) is 2.26. The van der Waals surface area contributed by atoms with Crippen LogP contribution in [0.4, 0.5) is 11.4 Å². The zero-order valence-corrected chi connectivity index (χ0v) is 17.5. The highest BCUT2D eigenvalue weighted by Gasteiger charge is 2.46. The van der Waals surface area contributed by atoms with Crippen molar-refractivity contribution < 1.29 is 9.07 Å². The highest BCUT2D eigenvalue weighted by atomic mass is 16.5. The van der Waals surface area contributed by atoms with Crippen LogP contribution >= 0.6 is 0 Å². The first-order valence-corrected chi connectivity index (χ1v) is 11.0. The van der Waals surface area contributed by atoms with Gasteiger partial charge in [0.15, 0.2) is 0 Å². The fourth-order valence-corrected chi connectivity index (χ4v) is 5.24. The van der Waals surface area contributed by atoms with Gasteiger partial charge >= 0.3 is 7.19 Å². The van der Waals surface area contributed by atoms with Crippen molar-refractivity contribution in [3.8, 4) is 28.3 Å². The van der Waals surface area contributed by atoms with Crippen molar-refractivity contribution in [2.24, 2.45) is 0 Å². The molecule has 0 saturated heterocycles. The molecule has 0 unspecified atom stereocenters. The van der Waals surface area contributed by atoms with E-state index in [0.29, 0.717) is 0 Å². The highest BCUT2D eigenvalue weighted by molar-refractivity contribution is 6.61. The Bertz CT molecular complexity index is 1730. The first kappa shape index (κ1) is 17.2. The van der Waals surface area contributed by atoms with Crippen LogP contribution in [0.5, 0.6) is 5.75 Å². The maximum atomic E-state index is 6.30. The summed E-state index contributed by atoms with van der Waals surface area (Å²) in [6.45, 7) is 0. The van der Waals surface area contributed by atoms with Gasteiger partial charge in [-0.2, -0.15) is 0 Å². The van der Waals surface area contributed by atoms with Crippen LogP contribution in [0.15, 0.2) is 102 Å². The second-order valence-electron chi connectivity index (χ2n) is 8.45. The fourth-order valence-electron chi connectivity index (χ4n) is 5.24. The van der Waals surface area contributed by atoms with Gasteiger partial charge in [-0.25, -0.2) is 4.98 Å². The molecule has 6 heteroatoms. The van der Waals surface area contributed by atoms with Crippen molar-refractivity contribution in [3.05, 3.63) is 97.3 Å². The number of hydrogen-bond donors (Lipinski definition) is 0. The lowest BCUT2D eigenvalue weighted by molar-refractivity contribution is 0.576. The molecule has 0 fully saturated rings. The van der Waals surface area contributed by atoms with Crippen LogP contribution in [0.3, 0.4) is 0 Å². The molecule has 8 rings (SSSR count). The number of imidazole rings is 1. The number of para-hydroxylation sites is 4. The van der Waals surface area contributed by atoms with E-state index < -0.39 is 0 Å². The van der Waals surface area contributed by atoms with Gasteiger partial charge in [-0.05, 0) is 35.9 Å². The third-order valence-electron chi connectivity index (χ3n) is 6.70. The van der Waals surface area contributed by atoms with Gasteiger partial charge < -0.3 is 18.4 Å². The van der Waals surface area contributed by atoms with Gasteiger partial charge in [0, 0.05) is 40.0 Å². The van der Waals surface area contributed by atoms with Gasteiger partial charge in [0.2, 0.25) is 0 Å². The molecule has 2 aliphatic heterocycles. The number of aromatic nitrogens is 2. The Kier molecular flexibility index (Phi) is 3.16. The minimum Gasteiger partial charge on any atom is -0.521 e. The molecule has 0 atom stereocenters. The molecule has 6 aromatic rings. The normalized spacial score (nSPS) is 13.6. The zero-order valence-electron chi connectivity index (χ0n) is 17.5. The van der Waals surface area contributed by atoms with Crippen LogP contribution in [0.2, 0.25) is 0 Å². The average Bonchev–Trinajstić information content (AvgIpc) is 3.58. The maximum absolute atomic E-state index is 6.30. The number of rotatable bonds is 1. The molecule has 5 nitrogen and oxygen atoms in total. The molecule has 4 aromatic carbocycles. The van der Waals surface area contributed by atoms with E-state index in [4.69, 9.17) is 9.07 Å². The van der Waals surface area contributed by atoms with Gasteiger partial charge in [0.05, 0.1) is 5.69 Å². The Hall–Kier alpha value is -4.45. The van der Waals surface area contributed by atoms with Crippen molar-refractivity contribution in [1.82, 2.24) is 9.46 Å². The Morgan fingerprint density at radius 2 is 1.64 bits per heavy atom. The average molecular weight is 425 g/mol. The molecule has 4 heterocycles. The molecule has 0 N–H and O–H groups in total. The van der Waals surface area contributed by atoms with Crippen molar-refractivity contribution >= 4 is 40.5 Å². The smallest absolute Gasteiger partial charge is 0.521 e. The molecule has 0 radical (unpaired) electrons. The summed E-state index contributed by atoms with van der Waals surface area (Å²) in [5.74, 6) is 1.78. The van der Waals surface area contributed by atoms with Gasteiger partial charge in [0.1, 0.15) is 22.7 Å². The molecular formula is C27H16BN3O2. The molecule has 0 saturated carbocycles. The van der Waals surface area contributed by atoms with E-state index in [1.807, 2.05) is 42.7 Å². The van der Waals surface area contributed by atoms with Crippen molar-refractivity contribution in [3.63, 3.8) is 0 Å². The maximum Gasteiger partial charge on any atom is 0.629 e. The van der Waals surface area contributed by atoms with Crippen molar-refractivity contribution in [2.45, 2.75) is 0 Å². The molecule has 0 amide bonds. The lowest BCUT2D eigenvalue weighted by Gasteiger charge is -2.30. The van der Waals surface area contributed by atoms with E-state index in [9.17, 15) is 0 Å². The Labute approximate surface area is 189 Å². The fraction of sp³-hybridized carbons (Fsp3) is 0. The first-order valence-electron chi connectivity index (χ1n) is 11.0. The molecule has 0 aliphatic carbocycles. The Balaban J connectivity index is 1.37. The summed E-state index contributed by atoms with van der Waals surface area (Å²) in [4.78, 5) is 6.93.